The predicted molar refractivity (Wildman–Crippen MR) is 115 cm³/mol. The predicted octanol–water partition coefficient (Wildman–Crippen LogP) is 2.35. The van der Waals surface area contributed by atoms with E-state index in [9.17, 15) is 14.0 Å². The first-order valence-corrected chi connectivity index (χ1v) is 10.4. The van der Waals surface area contributed by atoms with Crippen molar-refractivity contribution in [3.8, 4) is 0 Å². The van der Waals surface area contributed by atoms with Crippen LogP contribution in [0, 0.1) is 11.7 Å². The summed E-state index contributed by atoms with van der Waals surface area (Å²) in [6.45, 7) is 4.76. The molecule has 0 bridgehead atoms. The van der Waals surface area contributed by atoms with Gasteiger partial charge in [0.05, 0.1) is 6.61 Å². The molecule has 1 N–H and O–H groups in total. The van der Waals surface area contributed by atoms with Crippen LogP contribution < -0.4 is 10.2 Å². The normalized spacial score (nSPS) is 21.4. The Morgan fingerprint density at radius 1 is 1.06 bits per heavy atom. The number of ether oxygens (including phenoxy) is 1. The minimum Gasteiger partial charge on any atom is -0.465 e. The fourth-order valence-electron chi connectivity index (χ4n) is 3.94. The van der Waals surface area contributed by atoms with E-state index in [-0.39, 0.29) is 6.61 Å². The van der Waals surface area contributed by atoms with Crippen LogP contribution >= 0.6 is 0 Å². The largest absolute Gasteiger partial charge is 0.465 e. The number of hydrogen-bond donors (Lipinski definition) is 1. The van der Waals surface area contributed by atoms with Crippen molar-refractivity contribution in [2.45, 2.75) is 13.0 Å². The van der Waals surface area contributed by atoms with Crippen molar-refractivity contribution in [3.63, 3.8) is 0 Å². The second-order valence-electron chi connectivity index (χ2n) is 7.48. The van der Waals surface area contributed by atoms with E-state index in [0.717, 1.165) is 18.8 Å². The Hall–Kier alpha value is -3.42. The number of carbonyl (C=O) groups is 2. The van der Waals surface area contributed by atoms with Crippen molar-refractivity contribution in [2.75, 3.05) is 37.7 Å². The molecular formula is C23H25FN4O3. The molecule has 2 atom stereocenters. The van der Waals surface area contributed by atoms with Gasteiger partial charge in [-0.1, -0.05) is 30.3 Å². The number of piperazine rings is 1. The zero-order valence-corrected chi connectivity index (χ0v) is 17.3. The van der Waals surface area contributed by atoms with Gasteiger partial charge in [0, 0.05) is 31.9 Å². The molecule has 162 valence electrons. The van der Waals surface area contributed by atoms with E-state index in [1.165, 1.54) is 12.1 Å². The number of hydrogen-bond acceptors (Lipinski definition) is 6. The lowest BCUT2D eigenvalue weighted by Gasteiger charge is -2.39. The maximum atomic E-state index is 13.4. The van der Waals surface area contributed by atoms with Gasteiger partial charge in [0.2, 0.25) is 11.9 Å². The molecule has 0 unspecified atom stereocenters. The topological polar surface area (TPSA) is 74.2 Å². The molecule has 0 aromatic heterocycles. The average molecular weight is 424 g/mol. The fraction of sp³-hybridized carbons (Fsp3) is 0.348. The number of para-hydroxylation sites is 1. The second-order valence-corrected chi connectivity index (χ2v) is 7.48. The van der Waals surface area contributed by atoms with E-state index in [2.05, 4.69) is 22.3 Å². The third-order valence-corrected chi connectivity index (χ3v) is 5.55. The van der Waals surface area contributed by atoms with Gasteiger partial charge in [0.1, 0.15) is 11.9 Å². The van der Waals surface area contributed by atoms with Gasteiger partial charge in [0.25, 0.3) is 0 Å². The van der Waals surface area contributed by atoms with E-state index >= 15 is 0 Å². The van der Waals surface area contributed by atoms with Crippen molar-refractivity contribution in [1.29, 1.82) is 0 Å². The standard InChI is InChI=1S/C23H25FN4O3/c1-2-31-22(30)19-20(16-8-10-17(24)11-9-16)25-23(26-21(19)29)28-14-12-27(13-15-28)18-6-4-3-5-7-18/h3-11,19-20H,2,12-15H2,1H3,(H,25,26,29)/t19-,20-/m0/s1. The van der Waals surface area contributed by atoms with Crippen LogP contribution in [0.5, 0.6) is 0 Å². The second kappa shape index (κ2) is 9.16. The summed E-state index contributed by atoms with van der Waals surface area (Å²) in [5.41, 5.74) is 1.75. The van der Waals surface area contributed by atoms with Gasteiger partial charge in [-0.15, -0.1) is 0 Å². The van der Waals surface area contributed by atoms with Crippen molar-refractivity contribution in [1.82, 2.24) is 10.2 Å². The number of benzene rings is 2. The molecule has 2 aliphatic rings. The molecule has 31 heavy (non-hydrogen) atoms. The highest BCUT2D eigenvalue weighted by Gasteiger charge is 2.42. The van der Waals surface area contributed by atoms with Crippen LogP contribution in [0.2, 0.25) is 0 Å². The molecule has 1 saturated heterocycles. The third-order valence-electron chi connectivity index (χ3n) is 5.55. The number of esters is 1. The van der Waals surface area contributed by atoms with E-state index in [0.29, 0.717) is 24.6 Å². The first-order chi connectivity index (χ1) is 15.1. The highest BCUT2D eigenvalue weighted by atomic mass is 19.1. The summed E-state index contributed by atoms with van der Waals surface area (Å²) in [7, 11) is 0. The third kappa shape index (κ3) is 4.52. The van der Waals surface area contributed by atoms with Crippen molar-refractivity contribution in [3.05, 3.63) is 66.0 Å². The quantitative estimate of drug-likeness (QED) is 0.603. The number of nitrogens with one attached hydrogen (secondary N) is 1. The number of carbonyl (C=O) groups excluding carboxylic acids is 2. The maximum absolute atomic E-state index is 13.4. The lowest BCUT2D eigenvalue weighted by Crippen LogP contribution is -2.57. The summed E-state index contributed by atoms with van der Waals surface area (Å²) in [5.74, 6) is -2.15. The summed E-state index contributed by atoms with van der Waals surface area (Å²) in [5, 5.41) is 2.78. The number of aliphatic imine (C=N–C) groups is 1. The molecular weight excluding hydrogens is 399 g/mol. The maximum Gasteiger partial charge on any atom is 0.321 e. The number of rotatable bonds is 4. The zero-order chi connectivity index (χ0) is 21.8. The first-order valence-electron chi connectivity index (χ1n) is 10.4. The Balaban J connectivity index is 1.56. The van der Waals surface area contributed by atoms with Gasteiger partial charge in [0.15, 0.2) is 5.92 Å². The van der Waals surface area contributed by atoms with Crippen LogP contribution in [-0.4, -0.2) is 55.5 Å². The number of guanidine groups is 1. The van der Waals surface area contributed by atoms with Crippen molar-refractivity contribution < 1.29 is 18.7 Å². The summed E-state index contributed by atoms with van der Waals surface area (Å²) in [4.78, 5) is 34.4. The van der Waals surface area contributed by atoms with E-state index in [1.807, 2.05) is 23.1 Å². The van der Waals surface area contributed by atoms with E-state index in [1.54, 1.807) is 19.1 Å². The lowest BCUT2D eigenvalue weighted by molar-refractivity contribution is -0.153. The molecule has 2 aliphatic heterocycles. The Kier molecular flexibility index (Phi) is 6.16. The molecule has 1 amide bonds. The zero-order valence-electron chi connectivity index (χ0n) is 17.3. The fourth-order valence-corrected chi connectivity index (χ4v) is 3.94. The van der Waals surface area contributed by atoms with Crippen LogP contribution in [0.15, 0.2) is 59.6 Å². The molecule has 0 spiro atoms. The Morgan fingerprint density at radius 3 is 2.35 bits per heavy atom. The average Bonchev–Trinajstić information content (AvgIpc) is 2.80. The monoisotopic (exact) mass is 424 g/mol. The molecule has 8 heteroatoms. The summed E-state index contributed by atoms with van der Waals surface area (Å²) < 4.78 is 18.5. The molecule has 4 rings (SSSR count). The molecule has 0 radical (unpaired) electrons. The van der Waals surface area contributed by atoms with Crippen molar-refractivity contribution in [2.24, 2.45) is 10.9 Å². The van der Waals surface area contributed by atoms with Crippen LogP contribution in [0.25, 0.3) is 0 Å². The van der Waals surface area contributed by atoms with Crippen LogP contribution in [-0.2, 0) is 14.3 Å². The summed E-state index contributed by atoms with van der Waals surface area (Å²) in [6, 6.07) is 15.1. The molecule has 2 aromatic rings. The van der Waals surface area contributed by atoms with Crippen molar-refractivity contribution >= 4 is 23.5 Å². The minimum atomic E-state index is -1.11. The van der Waals surface area contributed by atoms with Crippen LogP contribution in [0.3, 0.4) is 0 Å². The highest BCUT2D eigenvalue weighted by Crippen LogP contribution is 2.31. The summed E-state index contributed by atoms with van der Waals surface area (Å²) >= 11 is 0. The van der Waals surface area contributed by atoms with Gasteiger partial charge in [-0.05, 0) is 36.8 Å². The van der Waals surface area contributed by atoms with Crippen LogP contribution in [0.1, 0.15) is 18.5 Å². The summed E-state index contributed by atoms with van der Waals surface area (Å²) in [6.07, 6.45) is 0. The molecule has 7 nitrogen and oxygen atoms in total. The Morgan fingerprint density at radius 2 is 1.71 bits per heavy atom. The van der Waals surface area contributed by atoms with Gasteiger partial charge in [-0.2, -0.15) is 0 Å². The lowest BCUT2D eigenvalue weighted by atomic mass is 9.91. The van der Waals surface area contributed by atoms with Gasteiger partial charge in [-0.25, -0.2) is 9.38 Å². The number of halogens is 1. The number of nitrogens with zero attached hydrogens (tertiary/aromatic N) is 3. The highest BCUT2D eigenvalue weighted by molar-refractivity contribution is 6.08. The van der Waals surface area contributed by atoms with E-state index in [4.69, 9.17) is 9.73 Å². The van der Waals surface area contributed by atoms with Gasteiger partial charge < -0.3 is 14.5 Å². The SMILES string of the molecule is CCOC(=O)[C@@H]1C(=O)NC(N2CCN(c3ccccc3)CC2)=N[C@H]1c1ccc(F)cc1. The Bertz CT molecular complexity index is 957. The number of anilines is 1. The van der Waals surface area contributed by atoms with Crippen LogP contribution in [0.4, 0.5) is 10.1 Å². The number of amides is 1. The Labute approximate surface area is 180 Å². The molecule has 1 fully saturated rings. The molecule has 2 heterocycles. The van der Waals surface area contributed by atoms with Gasteiger partial charge >= 0.3 is 5.97 Å². The van der Waals surface area contributed by atoms with E-state index < -0.39 is 29.7 Å². The molecule has 0 aliphatic carbocycles. The first kappa shape index (κ1) is 20.8. The van der Waals surface area contributed by atoms with Gasteiger partial charge in [-0.3, -0.25) is 14.9 Å². The smallest absolute Gasteiger partial charge is 0.321 e. The molecule has 0 saturated carbocycles. The minimum absolute atomic E-state index is 0.163. The molecule has 2 aromatic carbocycles.